The molecule has 0 saturated heterocycles. The van der Waals surface area contributed by atoms with Gasteiger partial charge in [-0.05, 0) is 35.9 Å². The first-order valence-electron chi connectivity index (χ1n) is 5.43. The molecule has 2 nitrogen and oxygen atoms in total. The largest absolute Gasteiger partial charge is 0.457 e. The lowest BCUT2D eigenvalue weighted by atomic mass is 10.2. The lowest BCUT2D eigenvalue weighted by molar-refractivity contribution is 0.0473. The summed E-state index contributed by atoms with van der Waals surface area (Å²) in [5.74, 6) is -1.07. The van der Waals surface area contributed by atoms with Crippen LogP contribution >= 0.6 is 27.5 Å². The third-order valence-electron chi connectivity index (χ3n) is 2.43. The van der Waals surface area contributed by atoms with Gasteiger partial charge in [-0.1, -0.05) is 39.7 Å². The van der Waals surface area contributed by atoms with Crippen LogP contribution in [0.4, 0.5) is 4.39 Å². The smallest absolute Gasteiger partial charge is 0.339 e. The van der Waals surface area contributed by atoms with Gasteiger partial charge in [-0.15, -0.1) is 0 Å². The van der Waals surface area contributed by atoms with Crippen molar-refractivity contribution in [3.8, 4) is 0 Å². The minimum Gasteiger partial charge on any atom is -0.457 e. The van der Waals surface area contributed by atoms with E-state index < -0.39 is 11.8 Å². The summed E-state index contributed by atoms with van der Waals surface area (Å²) in [6.07, 6.45) is 0. The zero-order chi connectivity index (χ0) is 13.8. The molecule has 0 heterocycles. The Morgan fingerprint density at radius 1 is 1.21 bits per heavy atom. The van der Waals surface area contributed by atoms with Crippen molar-refractivity contribution in [2.75, 3.05) is 0 Å². The van der Waals surface area contributed by atoms with E-state index in [1.54, 1.807) is 0 Å². The van der Waals surface area contributed by atoms with Crippen LogP contribution in [0.25, 0.3) is 0 Å². The van der Waals surface area contributed by atoms with Crippen LogP contribution in [0.1, 0.15) is 15.9 Å². The maximum Gasteiger partial charge on any atom is 0.339 e. The zero-order valence-electron chi connectivity index (χ0n) is 9.70. The third-order valence-corrected chi connectivity index (χ3v) is 3.28. The summed E-state index contributed by atoms with van der Waals surface area (Å²) in [5, 5.41) is 0.0424. The SMILES string of the molecule is O=C(OCc1ccc(Br)cc1)c1ccc(F)cc1Cl. The molecule has 0 unspecified atom stereocenters. The van der Waals surface area contributed by atoms with Gasteiger partial charge in [0.1, 0.15) is 12.4 Å². The molecular weight excluding hydrogens is 335 g/mol. The Balaban J connectivity index is 2.03. The fourth-order valence-corrected chi connectivity index (χ4v) is 1.97. The maximum atomic E-state index is 12.9. The van der Waals surface area contributed by atoms with Crippen LogP contribution in [0.2, 0.25) is 5.02 Å². The molecule has 0 spiro atoms. The van der Waals surface area contributed by atoms with Gasteiger partial charge in [0.05, 0.1) is 10.6 Å². The molecule has 0 atom stereocenters. The maximum absolute atomic E-state index is 12.9. The van der Waals surface area contributed by atoms with Crippen LogP contribution in [0.5, 0.6) is 0 Å². The molecular formula is C14H9BrClFO2. The van der Waals surface area contributed by atoms with Gasteiger partial charge in [-0.3, -0.25) is 0 Å². The van der Waals surface area contributed by atoms with E-state index in [0.29, 0.717) is 0 Å². The minimum atomic E-state index is -0.576. The minimum absolute atomic E-state index is 0.0424. The number of esters is 1. The predicted molar refractivity (Wildman–Crippen MR) is 74.7 cm³/mol. The van der Waals surface area contributed by atoms with Crippen molar-refractivity contribution in [3.63, 3.8) is 0 Å². The molecule has 2 aromatic carbocycles. The van der Waals surface area contributed by atoms with Gasteiger partial charge in [0, 0.05) is 4.47 Å². The molecule has 0 radical (unpaired) electrons. The summed E-state index contributed by atoms with van der Waals surface area (Å²) in [5.41, 5.74) is 1.01. The van der Waals surface area contributed by atoms with Gasteiger partial charge in [0.2, 0.25) is 0 Å². The molecule has 0 aliphatic rings. The van der Waals surface area contributed by atoms with Crippen LogP contribution in [0, 0.1) is 5.82 Å². The van der Waals surface area contributed by atoms with Crippen LogP contribution in [-0.4, -0.2) is 5.97 Å². The van der Waals surface area contributed by atoms with E-state index in [-0.39, 0.29) is 17.2 Å². The second-order valence-electron chi connectivity index (χ2n) is 3.83. The van der Waals surface area contributed by atoms with E-state index in [4.69, 9.17) is 16.3 Å². The number of carbonyl (C=O) groups is 1. The Hall–Kier alpha value is -1.39. The first-order chi connectivity index (χ1) is 9.06. The highest BCUT2D eigenvalue weighted by atomic mass is 79.9. The average molecular weight is 344 g/mol. The number of rotatable bonds is 3. The highest BCUT2D eigenvalue weighted by molar-refractivity contribution is 9.10. The molecule has 5 heteroatoms. The number of halogens is 3. The number of ether oxygens (including phenoxy) is 1. The summed E-state index contributed by atoms with van der Waals surface area (Å²) in [7, 11) is 0. The van der Waals surface area contributed by atoms with E-state index in [2.05, 4.69) is 15.9 Å². The third kappa shape index (κ3) is 3.78. The van der Waals surface area contributed by atoms with Crippen LogP contribution in [-0.2, 0) is 11.3 Å². The second-order valence-corrected chi connectivity index (χ2v) is 5.15. The van der Waals surface area contributed by atoms with Crippen molar-refractivity contribution in [3.05, 3.63) is 68.9 Å². The summed E-state index contributed by atoms with van der Waals surface area (Å²) < 4.78 is 18.9. The summed E-state index contributed by atoms with van der Waals surface area (Å²) >= 11 is 9.10. The van der Waals surface area contributed by atoms with Crippen molar-refractivity contribution < 1.29 is 13.9 Å². The Morgan fingerprint density at radius 3 is 2.53 bits per heavy atom. The normalized spacial score (nSPS) is 10.3. The number of benzene rings is 2. The van der Waals surface area contributed by atoms with Crippen molar-refractivity contribution in [2.45, 2.75) is 6.61 Å². The molecule has 0 amide bonds. The van der Waals surface area contributed by atoms with Gasteiger partial charge < -0.3 is 4.74 Å². The Bertz CT molecular complexity index is 599. The van der Waals surface area contributed by atoms with E-state index in [0.717, 1.165) is 16.1 Å². The van der Waals surface area contributed by atoms with Crippen molar-refractivity contribution >= 4 is 33.5 Å². The molecule has 2 aromatic rings. The highest BCUT2D eigenvalue weighted by Gasteiger charge is 2.12. The van der Waals surface area contributed by atoms with E-state index in [1.165, 1.54) is 12.1 Å². The summed E-state index contributed by atoms with van der Waals surface area (Å²) in [4.78, 5) is 11.8. The molecule has 0 bridgehead atoms. The zero-order valence-corrected chi connectivity index (χ0v) is 12.0. The van der Waals surface area contributed by atoms with E-state index >= 15 is 0 Å². The van der Waals surface area contributed by atoms with Crippen LogP contribution in [0.15, 0.2) is 46.9 Å². The first kappa shape index (κ1) is 14.0. The van der Waals surface area contributed by atoms with Gasteiger partial charge in [-0.25, -0.2) is 9.18 Å². The van der Waals surface area contributed by atoms with Crippen molar-refractivity contribution in [1.29, 1.82) is 0 Å². The fraction of sp³-hybridized carbons (Fsp3) is 0.0714. The van der Waals surface area contributed by atoms with Crippen molar-refractivity contribution in [1.82, 2.24) is 0 Å². The predicted octanol–water partition coefficient (Wildman–Crippen LogP) is 4.60. The highest BCUT2D eigenvalue weighted by Crippen LogP contribution is 2.19. The lowest BCUT2D eigenvalue weighted by Gasteiger charge is -2.06. The quantitative estimate of drug-likeness (QED) is 0.761. The Kier molecular flexibility index (Phi) is 4.56. The second kappa shape index (κ2) is 6.17. The first-order valence-corrected chi connectivity index (χ1v) is 6.60. The molecule has 19 heavy (non-hydrogen) atoms. The standard InChI is InChI=1S/C14H9BrClFO2/c15-10-3-1-9(2-4-10)8-19-14(18)12-6-5-11(17)7-13(12)16/h1-7H,8H2. The molecule has 0 aliphatic heterocycles. The summed E-state index contributed by atoms with van der Waals surface area (Å²) in [6, 6.07) is 10.9. The molecule has 2 rings (SSSR count). The molecule has 0 N–H and O–H groups in total. The van der Waals surface area contributed by atoms with Gasteiger partial charge in [-0.2, -0.15) is 0 Å². The monoisotopic (exact) mass is 342 g/mol. The van der Waals surface area contributed by atoms with E-state index in [1.807, 2.05) is 24.3 Å². The van der Waals surface area contributed by atoms with Crippen LogP contribution < -0.4 is 0 Å². The molecule has 0 aromatic heterocycles. The topological polar surface area (TPSA) is 26.3 Å². The molecule has 0 fully saturated rings. The fourth-order valence-electron chi connectivity index (χ4n) is 1.46. The average Bonchev–Trinajstić information content (AvgIpc) is 2.37. The molecule has 98 valence electrons. The Labute approximate surface area is 123 Å². The number of hydrogen-bond acceptors (Lipinski definition) is 2. The Morgan fingerprint density at radius 2 is 1.89 bits per heavy atom. The summed E-state index contributed by atoms with van der Waals surface area (Å²) in [6.45, 7) is 0.139. The number of carbonyl (C=O) groups excluding carboxylic acids is 1. The number of hydrogen-bond donors (Lipinski definition) is 0. The van der Waals surface area contributed by atoms with Gasteiger partial charge in [0.15, 0.2) is 0 Å². The van der Waals surface area contributed by atoms with Crippen LogP contribution in [0.3, 0.4) is 0 Å². The van der Waals surface area contributed by atoms with Gasteiger partial charge >= 0.3 is 5.97 Å². The lowest BCUT2D eigenvalue weighted by Crippen LogP contribution is -2.06. The van der Waals surface area contributed by atoms with Crippen molar-refractivity contribution in [2.24, 2.45) is 0 Å². The van der Waals surface area contributed by atoms with Gasteiger partial charge in [0.25, 0.3) is 0 Å². The van der Waals surface area contributed by atoms with E-state index in [9.17, 15) is 9.18 Å². The molecule has 0 aliphatic carbocycles. The molecule has 0 saturated carbocycles.